The summed E-state index contributed by atoms with van der Waals surface area (Å²) < 4.78 is 0. The molecule has 1 aliphatic rings. The van der Waals surface area contributed by atoms with Crippen molar-refractivity contribution in [3.63, 3.8) is 0 Å². The molecule has 0 aliphatic carbocycles. The Bertz CT molecular complexity index is 723. The zero-order chi connectivity index (χ0) is 18.5. The van der Waals surface area contributed by atoms with Gasteiger partial charge < -0.3 is 5.32 Å². The number of aryl methyl sites for hydroxylation is 3. The van der Waals surface area contributed by atoms with Crippen LogP contribution in [0.2, 0.25) is 0 Å². The van der Waals surface area contributed by atoms with Gasteiger partial charge in [0, 0.05) is 18.7 Å². The van der Waals surface area contributed by atoms with E-state index in [1.54, 1.807) is 0 Å². The molecule has 0 atom stereocenters. The van der Waals surface area contributed by atoms with E-state index in [0.717, 1.165) is 55.7 Å². The maximum Gasteiger partial charge on any atom is 0.251 e. The molecule has 0 spiro atoms. The molecule has 138 valence electrons. The molecule has 1 saturated heterocycles. The fourth-order valence-corrected chi connectivity index (χ4v) is 4.05. The van der Waals surface area contributed by atoms with Gasteiger partial charge in [-0.15, -0.1) is 0 Å². The topological polar surface area (TPSA) is 32.3 Å². The number of piperidine rings is 1. The number of carbonyl (C=O) groups excluding carboxylic acids is 1. The molecule has 0 unspecified atom stereocenters. The molecule has 2 aromatic carbocycles. The third-order valence-corrected chi connectivity index (χ3v) is 5.41. The van der Waals surface area contributed by atoms with E-state index >= 15 is 0 Å². The van der Waals surface area contributed by atoms with Crippen LogP contribution in [-0.2, 0) is 6.54 Å². The molecule has 0 aromatic heterocycles. The van der Waals surface area contributed by atoms with Gasteiger partial charge in [0.1, 0.15) is 0 Å². The van der Waals surface area contributed by atoms with Crippen LogP contribution >= 0.6 is 0 Å². The Hall–Kier alpha value is -2.13. The van der Waals surface area contributed by atoms with Gasteiger partial charge in [0.25, 0.3) is 5.91 Å². The standard InChI is InChI=1S/C23H30N2O/c1-17-13-18(2)22(19(3)14-17)23(26)24-15-20-9-11-25(12-10-20)16-21-7-5-4-6-8-21/h4-8,13-14,20H,9-12,15-16H2,1-3H3,(H,24,26). The summed E-state index contributed by atoms with van der Waals surface area (Å²) in [4.78, 5) is 15.1. The SMILES string of the molecule is Cc1cc(C)c(C(=O)NCC2CCN(Cc3ccccc3)CC2)c(C)c1. The largest absolute Gasteiger partial charge is 0.352 e. The molecular formula is C23H30N2O. The summed E-state index contributed by atoms with van der Waals surface area (Å²) in [6.07, 6.45) is 2.30. The maximum atomic E-state index is 12.6. The zero-order valence-electron chi connectivity index (χ0n) is 16.2. The lowest BCUT2D eigenvalue weighted by atomic mass is 9.95. The smallest absolute Gasteiger partial charge is 0.251 e. The van der Waals surface area contributed by atoms with Gasteiger partial charge in [0.2, 0.25) is 0 Å². The van der Waals surface area contributed by atoms with Gasteiger partial charge in [0.15, 0.2) is 0 Å². The molecule has 26 heavy (non-hydrogen) atoms. The minimum atomic E-state index is 0.0757. The Morgan fingerprint density at radius 3 is 2.27 bits per heavy atom. The number of rotatable bonds is 5. The molecule has 1 heterocycles. The summed E-state index contributed by atoms with van der Waals surface area (Å²) >= 11 is 0. The summed E-state index contributed by atoms with van der Waals surface area (Å²) in [7, 11) is 0. The second-order valence-corrected chi connectivity index (χ2v) is 7.69. The molecule has 1 amide bonds. The monoisotopic (exact) mass is 350 g/mol. The number of likely N-dealkylation sites (tertiary alicyclic amines) is 1. The number of nitrogens with zero attached hydrogens (tertiary/aromatic N) is 1. The quantitative estimate of drug-likeness (QED) is 0.874. The highest BCUT2D eigenvalue weighted by molar-refractivity contribution is 5.97. The fraction of sp³-hybridized carbons (Fsp3) is 0.435. The molecule has 3 nitrogen and oxygen atoms in total. The highest BCUT2D eigenvalue weighted by Gasteiger charge is 2.20. The number of nitrogens with one attached hydrogen (secondary N) is 1. The van der Waals surface area contributed by atoms with E-state index in [-0.39, 0.29) is 5.91 Å². The first kappa shape index (κ1) is 18.7. The van der Waals surface area contributed by atoms with Crippen LogP contribution in [0.4, 0.5) is 0 Å². The predicted octanol–water partition coefficient (Wildman–Crippen LogP) is 4.25. The molecule has 1 N–H and O–H groups in total. The van der Waals surface area contributed by atoms with E-state index in [1.807, 2.05) is 13.8 Å². The van der Waals surface area contributed by atoms with Crippen molar-refractivity contribution in [3.05, 3.63) is 70.3 Å². The Kier molecular flexibility index (Phi) is 6.10. The van der Waals surface area contributed by atoms with E-state index in [2.05, 4.69) is 59.6 Å². The molecule has 0 radical (unpaired) electrons. The van der Waals surface area contributed by atoms with Crippen molar-refractivity contribution >= 4 is 5.91 Å². The van der Waals surface area contributed by atoms with E-state index in [1.165, 1.54) is 11.1 Å². The van der Waals surface area contributed by atoms with E-state index in [0.29, 0.717) is 5.92 Å². The third-order valence-electron chi connectivity index (χ3n) is 5.41. The summed E-state index contributed by atoms with van der Waals surface area (Å²) in [5.41, 5.74) is 5.57. The van der Waals surface area contributed by atoms with Crippen LogP contribution in [0.1, 0.15) is 45.5 Å². The van der Waals surface area contributed by atoms with Gasteiger partial charge in [-0.1, -0.05) is 48.0 Å². The van der Waals surface area contributed by atoms with Crippen LogP contribution in [0.15, 0.2) is 42.5 Å². The van der Waals surface area contributed by atoms with Crippen molar-refractivity contribution in [1.82, 2.24) is 10.2 Å². The Balaban J connectivity index is 1.47. The highest BCUT2D eigenvalue weighted by atomic mass is 16.1. The van der Waals surface area contributed by atoms with Gasteiger partial charge >= 0.3 is 0 Å². The number of hydrogen-bond acceptors (Lipinski definition) is 2. The van der Waals surface area contributed by atoms with E-state index < -0.39 is 0 Å². The molecule has 2 aromatic rings. The first-order chi connectivity index (χ1) is 12.5. The van der Waals surface area contributed by atoms with Gasteiger partial charge in [-0.05, 0) is 69.3 Å². The van der Waals surface area contributed by atoms with E-state index in [9.17, 15) is 4.79 Å². The predicted molar refractivity (Wildman–Crippen MR) is 107 cm³/mol. The number of hydrogen-bond donors (Lipinski definition) is 1. The maximum absolute atomic E-state index is 12.6. The average Bonchev–Trinajstić information content (AvgIpc) is 2.61. The minimum Gasteiger partial charge on any atom is -0.352 e. The van der Waals surface area contributed by atoms with Crippen molar-refractivity contribution in [3.8, 4) is 0 Å². The van der Waals surface area contributed by atoms with Crippen molar-refractivity contribution in [2.75, 3.05) is 19.6 Å². The van der Waals surface area contributed by atoms with Gasteiger partial charge in [0.05, 0.1) is 0 Å². The van der Waals surface area contributed by atoms with Crippen molar-refractivity contribution in [2.24, 2.45) is 5.92 Å². The van der Waals surface area contributed by atoms with Gasteiger partial charge in [-0.25, -0.2) is 0 Å². The van der Waals surface area contributed by atoms with Crippen LogP contribution in [0.3, 0.4) is 0 Å². The number of benzene rings is 2. The lowest BCUT2D eigenvalue weighted by Crippen LogP contribution is -2.38. The fourth-order valence-electron chi connectivity index (χ4n) is 4.05. The molecule has 0 bridgehead atoms. The molecule has 1 fully saturated rings. The molecular weight excluding hydrogens is 320 g/mol. The second kappa shape index (κ2) is 8.50. The summed E-state index contributed by atoms with van der Waals surface area (Å²) in [6.45, 7) is 10.2. The molecule has 0 saturated carbocycles. The van der Waals surface area contributed by atoms with Gasteiger partial charge in [-0.2, -0.15) is 0 Å². The van der Waals surface area contributed by atoms with Crippen LogP contribution in [-0.4, -0.2) is 30.4 Å². The Labute approximate surface area is 157 Å². The summed E-state index contributed by atoms with van der Waals surface area (Å²) in [5.74, 6) is 0.656. The van der Waals surface area contributed by atoms with Crippen molar-refractivity contribution in [1.29, 1.82) is 0 Å². The number of carbonyl (C=O) groups is 1. The van der Waals surface area contributed by atoms with Gasteiger partial charge in [-0.3, -0.25) is 9.69 Å². The first-order valence-corrected chi connectivity index (χ1v) is 9.65. The number of amides is 1. The van der Waals surface area contributed by atoms with Crippen molar-refractivity contribution in [2.45, 2.75) is 40.2 Å². The lowest BCUT2D eigenvalue weighted by molar-refractivity contribution is 0.0934. The van der Waals surface area contributed by atoms with E-state index in [4.69, 9.17) is 0 Å². The van der Waals surface area contributed by atoms with Crippen LogP contribution in [0, 0.1) is 26.7 Å². The highest BCUT2D eigenvalue weighted by Crippen LogP contribution is 2.20. The normalized spacial score (nSPS) is 15.8. The zero-order valence-corrected chi connectivity index (χ0v) is 16.2. The summed E-state index contributed by atoms with van der Waals surface area (Å²) in [6, 6.07) is 14.8. The average molecular weight is 351 g/mol. The Morgan fingerprint density at radius 2 is 1.65 bits per heavy atom. The van der Waals surface area contributed by atoms with Crippen LogP contribution in [0.25, 0.3) is 0 Å². The minimum absolute atomic E-state index is 0.0757. The molecule has 1 aliphatic heterocycles. The van der Waals surface area contributed by atoms with Crippen LogP contribution in [0.5, 0.6) is 0 Å². The summed E-state index contributed by atoms with van der Waals surface area (Å²) in [5, 5.41) is 3.18. The third kappa shape index (κ3) is 4.73. The second-order valence-electron chi connectivity index (χ2n) is 7.69. The molecule has 3 heteroatoms. The van der Waals surface area contributed by atoms with Crippen molar-refractivity contribution < 1.29 is 4.79 Å². The first-order valence-electron chi connectivity index (χ1n) is 9.65. The lowest BCUT2D eigenvalue weighted by Gasteiger charge is -2.32. The molecule has 3 rings (SSSR count). The Morgan fingerprint density at radius 1 is 1.04 bits per heavy atom. The van der Waals surface area contributed by atoms with Crippen LogP contribution < -0.4 is 5.32 Å².